The van der Waals surface area contributed by atoms with Crippen LogP contribution in [0.4, 0.5) is 0 Å². The second-order valence-corrected chi connectivity index (χ2v) is 5.41. The van der Waals surface area contributed by atoms with Gasteiger partial charge in [-0.3, -0.25) is 0 Å². The molecule has 2 rings (SSSR count). The quantitative estimate of drug-likeness (QED) is 0.610. The maximum atomic E-state index is 7.92. The van der Waals surface area contributed by atoms with E-state index in [9.17, 15) is 0 Å². The van der Waals surface area contributed by atoms with Gasteiger partial charge < -0.3 is 10.0 Å². The maximum absolute atomic E-state index is 7.92. The molecular formula is C13H14BBr2NO2. The van der Waals surface area contributed by atoms with E-state index >= 15 is 0 Å². The Balaban J connectivity index is 0.000000312. The lowest BCUT2D eigenvalue weighted by Crippen LogP contribution is -2.06. The van der Waals surface area contributed by atoms with E-state index in [0.717, 1.165) is 14.6 Å². The lowest BCUT2D eigenvalue weighted by molar-refractivity contribution is 0.408. The summed E-state index contributed by atoms with van der Waals surface area (Å²) in [6, 6.07) is 12.2. The molecule has 19 heavy (non-hydrogen) atoms. The van der Waals surface area contributed by atoms with Crippen molar-refractivity contribution < 1.29 is 10.0 Å². The van der Waals surface area contributed by atoms with Crippen LogP contribution >= 0.6 is 31.9 Å². The zero-order valence-corrected chi connectivity index (χ0v) is 13.6. The van der Waals surface area contributed by atoms with Crippen molar-refractivity contribution in [3.05, 3.63) is 51.7 Å². The molecule has 0 atom stereocenters. The van der Waals surface area contributed by atoms with Gasteiger partial charge in [-0.15, -0.1) is 0 Å². The average Bonchev–Trinajstić information content (AvgIpc) is 2.43. The summed E-state index contributed by atoms with van der Waals surface area (Å²) in [5.41, 5.74) is 2.33. The van der Waals surface area contributed by atoms with Gasteiger partial charge in [0.15, 0.2) is 0 Å². The van der Waals surface area contributed by atoms with E-state index in [1.807, 2.05) is 24.3 Å². The van der Waals surface area contributed by atoms with Gasteiger partial charge in [-0.2, -0.15) is 0 Å². The molecule has 0 bridgehead atoms. The highest BCUT2D eigenvalue weighted by Crippen LogP contribution is 2.29. The molecule has 0 aliphatic heterocycles. The second-order valence-electron chi connectivity index (χ2n) is 3.74. The molecule has 0 radical (unpaired) electrons. The summed E-state index contributed by atoms with van der Waals surface area (Å²) < 4.78 is 1.85. The summed E-state index contributed by atoms with van der Waals surface area (Å²) in [5, 5.41) is 15.8. The van der Waals surface area contributed by atoms with Crippen LogP contribution in [0, 0.1) is 0 Å². The molecule has 3 nitrogen and oxygen atoms in total. The third kappa shape index (κ3) is 5.86. The summed E-state index contributed by atoms with van der Waals surface area (Å²) in [5.74, 6) is 0. The summed E-state index contributed by atoms with van der Waals surface area (Å²) in [6.07, 6.45) is 2.21. The molecule has 1 aromatic carbocycles. The van der Waals surface area contributed by atoms with Gasteiger partial charge >= 0.3 is 7.12 Å². The van der Waals surface area contributed by atoms with E-state index in [4.69, 9.17) is 10.0 Å². The van der Waals surface area contributed by atoms with Crippen molar-refractivity contribution in [3.63, 3.8) is 0 Å². The van der Waals surface area contributed by atoms with E-state index in [2.05, 4.69) is 49.0 Å². The Labute approximate surface area is 130 Å². The highest BCUT2D eigenvalue weighted by molar-refractivity contribution is 9.11. The minimum Gasteiger partial charge on any atom is -0.427 e. The minimum atomic E-state index is -1.12. The lowest BCUT2D eigenvalue weighted by Gasteiger charge is -2.04. The normalized spacial score (nSPS) is 9.53. The Hall–Kier alpha value is -0.685. The van der Waals surface area contributed by atoms with Crippen LogP contribution in [0.3, 0.4) is 0 Å². The second kappa shape index (κ2) is 8.48. The average molecular weight is 387 g/mol. The largest absolute Gasteiger partial charge is 0.451 e. The van der Waals surface area contributed by atoms with Crippen LogP contribution in [0.25, 0.3) is 11.1 Å². The van der Waals surface area contributed by atoms with Crippen molar-refractivity contribution in [2.24, 2.45) is 0 Å². The number of aromatic nitrogens is 1. The number of hydrogen-bond acceptors (Lipinski definition) is 3. The van der Waals surface area contributed by atoms with Gasteiger partial charge in [0.2, 0.25) is 0 Å². The molecule has 0 aliphatic rings. The van der Waals surface area contributed by atoms with E-state index in [1.54, 1.807) is 13.1 Å². The van der Waals surface area contributed by atoms with Crippen LogP contribution < -0.4 is 0 Å². The topological polar surface area (TPSA) is 53.4 Å². The van der Waals surface area contributed by atoms with Crippen LogP contribution in [0.5, 0.6) is 0 Å². The van der Waals surface area contributed by atoms with Gasteiger partial charge in [-0.05, 0) is 49.8 Å². The number of nitrogens with zero attached hydrogens (tertiary/aromatic N) is 1. The SMILES string of the molecule is Brc1cc(-c2ccccc2)c(Br)cn1.CCB(O)O. The zero-order valence-electron chi connectivity index (χ0n) is 10.4. The van der Waals surface area contributed by atoms with Crippen LogP contribution in [-0.4, -0.2) is 22.2 Å². The third-order valence-corrected chi connectivity index (χ3v) is 3.34. The molecule has 2 aromatic rings. The molecule has 0 spiro atoms. The van der Waals surface area contributed by atoms with Gasteiger partial charge in [0.05, 0.1) is 0 Å². The van der Waals surface area contributed by atoms with Crippen molar-refractivity contribution in [1.82, 2.24) is 4.98 Å². The standard InChI is InChI=1S/C11H7Br2N.C2H7BO2/c12-10-7-14-11(13)6-9(10)8-4-2-1-3-5-8;1-2-3(4)5/h1-7H;4-5H,2H2,1H3. The van der Waals surface area contributed by atoms with Gasteiger partial charge in [0.25, 0.3) is 0 Å². The first-order chi connectivity index (χ1) is 9.04. The molecule has 1 aromatic heterocycles. The highest BCUT2D eigenvalue weighted by atomic mass is 79.9. The van der Waals surface area contributed by atoms with Crippen molar-refractivity contribution in [2.75, 3.05) is 0 Å². The number of rotatable bonds is 2. The number of benzene rings is 1. The number of pyridine rings is 1. The predicted molar refractivity (Wildman–Crippen MR) is 85.7 cm³/mol. The number of halogens is 2. The van der Waals surface area contributed by atoms with E-state index in [-0.39, 0.29) is 0 Å². The first-order valence-electron chi connectivity index (χ1n) is 5.77. The third-order valence-electron chi connectivity index (χ3n) is 2.27. The zero-order chi connectivity index (χ0) is 14.3. The van der Waals surface area contributed by atoms with Crippen LogP contribution in [0.1, 0.15) is 6.92 Å². The smallest absolute Gasteiger partial charge is 0.427 e. The Bertz CT molecular complexity index is 509. The van der Waals surface area contributed by atoms with Gasteiger partial charge in [0, 0.05) is 16.2 Å². The van der Waals surface area contributed by atoms with E-state index in [1.165, 1.54) is 5.56 Å². The van der Waals surface area contributed by atoms with Crippen LogP contribution in [0.15, 0.2) is 51.7 Å². The summed E-state index contributed by atoms with van der Waals surface area (Å²) in [4.78, 5) is 4.13. The molecule has 0 saturated carbocycles. The van der Waals surface area contributed by atoms with Crippen molar-refractivity contribution in [3.8, 4) is 11.1 Å². The predicted octanol–water partition coefficient (Wildman–Crippen LogP) is 3.75. The molecular weight excluding hydrogens is 373 g/mol. The Morgan fingerprint density at radius 3 is 2.26 bits per heavy atom. The maximum Gasteiger partial charge on any atom is 0.451 e. The molecule has 0 amide bonds. The van der Waals surface area contributed by atoms with Crippen molar-refractivity contribution >= 4 is 39.0 Å². The molecule has 0 saturated heterocycles. The Kier molecular flexibility index (Phi) is 7.30. The molecule has 0 unspecified atom stereocenters. The fraction of sp³-hybridized carbons (Fsp3) is 0.154. The Morgan fingerprint density at radius 1 is 1.16 bits per heavy atom. The number of hydrogen-bond donors (Lipinski definition) is 2. The first-order valence-corrected chi connectivity index (χ1v) is 7.35. The fourth-order valence-electron chi connectivity index (χ4n) is 1.25. The molecule has 1 heterocycles. The van der Waals surface area contributed by atoms with Crippen molar-refractivity contribution in [1.29, 1.82) is 0 Å². The van der Waals surface area contributed by atoms with Crippen LogP contribution in [-0.2, 0) is 0 Å². The first kappa shape index (κ1) is 16.4. The fourth-order valence-corrected chi connectivity index (χ4v) is 2.03. The summed E-state index contributed by atoms with van der Waals surface area (Å²) in [7, 11) is -1.12. The van der Waals surface area contributed by atoms with E-state index in [0.29, 0.717) is 6.32 Å². The highest BCUT2D eigenvalue weighted by Gasteiger charge is 2.03. The molecule has 0 aliphatic carbocycles. The molecule has 2 N–H and O–H groups in total. The summed E-state index contributed by atoms with van der Waals surface area (Å²) in [6.45, 7) is 1.70. The molecule has 6 heteroatoms. The Morgan fingerprint density at radius 2 is 1.74 bits per heavy atom. The minimum absolute atomic E-state index is 0.417. The molecule has 0 fully saturated rings. The monoisotopic (exact) mass is 385 g/mol. The lowest BCUT2D eigenvalue weighted by atomic mass is 9.88. The van der Waals surface area contributed by atoms with Gasteiger partial charge in [-0.1, -0.05) is 37.3 Å². The van der Waals surface area contributed by atoms with Crippen molar-refractivity contribution in [2.45, 2.75) is 13.2 Å². The van der Waals surface area contributed by atoms with Gasteiger partial charge in [0.1, 0.15) is 4.60 Å². The van der Waals surface area contributed by atoms with E-state index < -0.39 is 7.12 Å². The summed E-state index contributed by atoms with van der Waals surface area (Å²) >= 11 is 6.85. The van der Waals surface area contributed by atoms with Crippen LogP contribution in [0.2, 0.25) is 6.32 Å². The molecule has 100 valence electrons. The van der Waals surface area contributed by atoms with Gasteiger partial charge in [-0.25, -0.2) is 4.98 Å².